The topological polar surface area (TPSA) is 96.0 Å². The Labute approximate surface area is 251 Å². The summed E-state index contributed by atoms with van der Waals surface area (Å²) in [6.07, 6.45) is 0.225. The Morgan fingerprint density at radius 1 is 0.857 bits per heavy atom. The Kier molecular flexibility index (Phi) is 10.2. The molecule has 0 saturated carbocycles. The van der Waals surface area contributed by atoms with E-state index in [-0.39, 0.29) is 29.5 Å². The molecule has 218 valence electrons. The van der Waals surface area contributed by atoms with Gasteiger partial charge in [0.2, 0.25) is 11.8 Å². The monoisotopic (exact) mass is 605 g/mol. The summed E-state index contributed by atoms with van der Waals surface area (Å²) in [5.41, 5.74) is 1.83. The molecule has 8 nitrogen and oxygen atoms in total. The van der Waals surface area contributed by atoms with Gasteiger partial charge in [0.05, 0.1) is 17.7 Å². The maximum absolute atomic E-state index is 14.3. The van der Waals surface area contributed by atoms with Gasteiger partial charge in [-0.2, -0.15) is 0 Å². The molecule has 0 spiro atoms. The van der Waals surface area contributed by atoms with Crippen LogP contribution in [0.25, 0.3) is 0 Å². The van der Waals surface area contributed by atoms with Crippen LogP contribution < -0.4 is 14.4 Å². The van der Waals surface area contributed by atoms with Crippen LogP contribution in [0.5, 0.6) is 5.75 Å². The zero-order valence-electron chi connectivity index (χ0n) is 23.3. The summed E-state index contributed by atoms with van der Waals surface area (Å²) >= 11 is 6.09. The predicted molar refractivity (Wildman–Crippen MR) is 164 cm³/mol. The SMILES string of the molecule is CNC(=O)[C@@H](Cc1ccccc1)N(Cc1cccc(OC)c1)C(=O)CN(c1ccc(Cl)cc1)S(=O)(=O)c1ccccc1. The van der Waals surface area contributed by atoms with Gasteiger partial charge in [-0.15, -0.1) is 0 Å². The average Bonchev–Trinajstić information content (AvgIpc) is 3.02. The maximum atomic E-state index is 14.3. The first kappa shape index (κ1) is 30.6. The van der Waals surface area contributed by atoms with E-state index in [1.165, 1.54) is 24.1 Å². The van der Waals surface area contributed by atoms with E-state index in [4.69, 9.17) is 16.3 Å². The highest BCUT2D eigenvalue weighted by Gasteiger charge is 2.34. The van der Waals surface area contributed by atoms with Crippen LogP contribution in [-0.2, 0) is 32.6 Å². The molecule has 2 amide bonds. The summed E-state index contributed by atoms with van der Waals surface area (Å²) in [7, 11) is -1.11. The Bertz CT molecular complexity index is 1600. The minimum absolute atomic E-state index is 0.0271. The van der Waals surface area contributed by atoms with E-state index in [0.29, 0.717) is 16.3 Å². The number of anilines is 1. The molecule has 42 heavy (non-hydrogen) atoms. The number of likely N-dealkylation sites (N-methyl/N-ethyl adjacent to an activating group) is 1. The van der Waals surface area contributed by atoms with E-state index in [1.807, 2.05) is 36.4 Å². The minimum Gasteiger partial charge on any atom is -0.497 e. The predicted octanol–water partition coefficient (Wildman–Crippen LogP) is 4.93. The number of rotatable bonds is 12. The molecule has 4 rings (SSSR count). The number of nitrogens with one attached hydrogen (secondary N) is 1. The van der Waals surface area contributed by atoms with Gasteiger partial charge >= 0.3 is 0 Å². The molecular weight excluding hydrogens is 574 g/mol. The average molecular weight is 606 g/mol. The molecule has 0 bridgehead atoms. The van der Waals surface area contributed by atoms with Crippen molar-refractivity contribution in [1.82, 2.24) is 10.2 Å². The fourth-order valence-corrected chi connectivity index (χ4v) is 6.11. The Morgan fingerprint density at radius 3 is 2.10 bits per heavy atom. The number of nitrogens with zero attached hydrogens (tertiary/aromatic N) is 2. The standard InChI is InChI=1S/C32H32ClN3O5S/c1-34-32(38)30(21-24-10-5-3-6-11-24)35(22-25-12-9-13-28(20-25)41-2)31(37)23-36(27-18-16-26(33)17-19-27)42(39,40)29-14-7-4-8-15-29/h3-20,30H,21-23H2,1-2H3,(H,34,38)/t30-/m1/s1. The highest BCUT2D eigenvalue weighted by atomic mass is 35.5. The van der Waals surface area contributed by atoms with Gasteiger partial charge in [-0.05, 0) is 59.7 Å². The van der Waals surface area contributed by atoms with Crippen molar-refractivity contribution in [3.63, 3.8) is 0 Å². The van der Waals surface area contributed by atoms with Gasteiger partial charge in [0.25, 0.3) is 10.0 Å². The molecular formula is C32H32ClN3O5S. The number of methoxy groups -OCH3 is 1. The number of hydrogen-bond donors (Lipinski definition) is 1. The second-order valence-electron chi connectivity index (χ2n) is 9.49. The molecule has 0 saturated heterocycles. The van der Waals surface area contributed by atoms with Crippen LogP contribution in [0.15, 0.2) is 114 Å². The van der Waals surface area contributed by atoms with Crippen LogP contribution in [0, 0.1) is 0 Å². The number of carbonyl (C=O) groups excluding carboxylic acids is 2. The molecule has 0 radical (unpaired) electrons. The molecule has 4 aromatic carbocycles. The van der Waals surface area contributed by atoms with Gasteiger partial charge in [0.1, 0.15) is 18.3 Å². The van der Waals surface area contributed by atoms with Gasteiger partial charge < -0.3 is 15.0 Å². The van der Waals surface area contributed by atoms with E-state index >= 15 is 0 Å². The lowest BCUT2D eigenvalue weighted by Crippen LogP contribution is -2.53. The summed E-state index contributed by atoms with van der Waals surface area (Å²) in [5, 5.41) is 3.09. The van der Waals surface area contributed by atoms with Gasteiger partial charge in [-0.25, -0.2) is 8.42 Å². The van der Waals surface area contributed by atoms with E-state index in [2.05, 4.69) is 5.32 Å². The minimum atomic E-state index is -4.17. The Hall–Kier alpha value is -4.34. The van der Waals surface area contributed by atoms with Crippen LogP contribution in [0.4, 0.5) is 5.69 Å². The number of hydrogen-bond acceptors (Lipinski definition) is 5. The lowest BCUT2D eigenvalue weighted by Gasteiger charge is -2.33. The van der Waals surface area contributed by atoms with Crippen LogP contribution in [-0.4, -0.2) is 51.9 Å². The van der Waals surface area contributed by atoms with Crippen molar-refractivity contribution in [2.75, 3.05) is 25.0 Å². The molecule has 0 unspecified atom stereocenters. The highest BCUT2D eigenvalue weighted by molar-refractivity contribution is 7.92. The number of amides is 2. The summed E-state index contributed by atoms with van der Waals surface area (Å²) in [5.74, 6) is -0.343. The Balaban J connectivity index is 1.78. The smallest absolute Gasteiger partial charge is 0.264 e. The van der Waals surface area contributed by atoms with E-state index in [0.717, 1.165) is 9.87 Å². The fourth-order valence-electron chi connectivity index (χ4n) is 4.54. The van der Waals surface area contributed by atoms with Crippen LogP contribution >= 0.6 is 11.6 Å². The summed E-state index contributed by atoms with van der Waals surface area (Å²) in [4.78, 5) is 29.0. The summed E-state index contributed by atoms with van der Waals surface area (Å²) in [6, 6.07) is 29.7. The van der Waals surface area contributed by atoms with Gasteiger partial charge in [0, 0.05) is 25.0 Å². The zero-order chi connectivity index (χ0) is 30.1. The molecule has 0 aromatic heterocycles. The number of carbonyl (C=O) groups is 2. The van der Waals surface area contributed by atoms with E-state index in [1.54, 1.807) is 67.8 Å². The molecule has 10 heteroatoms. The van der Waals surface area contributed by atoms with Crippen LogP contribution in [0.2, 0.25) is 5.02 Å². The summed E-state index contributed by atoms with van der Waals surface area (Å²) < 4.78 is 34.2. The normalized spacial score (nSPS) is 11.8. The van der Waals surface area contributed by atoms with E-state index < -0.39 is 28.5 Å². The number of halogens is 1. The van der Waals surface area contributed by atoms with Crippen molar-refractivity contribution in [3.05, 3.63) is 125 Å². The molecule has 0 aliphatic heterocycles. The second-order valence-corrected chi connectivity index (χ2v) is 11.8. The molecule has 0 aliphatic rings. The molecule has 1 atom stereocenters. The quantitative estimate of drug-likeness (QED) is 0.247. The zero-order valence-corrected chi connectivity index (χ0v) is 24.9. The molecule has 0 fully saturated rings. The lowest BCUT2D eigenvalue weighted by molar-refractivity contribution is -0.139. The third-order valence-corrected chi connectivity index (χ3v) is 8.77. The van der Waals surface area contributed by atoms with Crippen molar-refractivity contribution in [1.29, 1.82) is 0 Å². The third kappa shape index (κ3) is 7.48. The maximum Gasteiger partial charge on any atom is 0.264 e. The Morgan fingerprint density at radius 2 is 1.48 bits per heavy atom. The van der Waals surface area contributed by atoms with Crippen molar-refractivity contribution < 1.29 is 22.7 Å². The van der Waals surface area contributed by atoms with Crippen LogP contribution in [0.1, 0.15) is 11.1 Å². The first-order valence-corrected chi connectivity index (χ1v) is 15.1. The van der Waals surface area contributed by atoms with Gasteiger partial charge in [0.15, 0.2) is 0 Å². The molecule has 1 N–H and O–H groups in total. The lowest BCUT2D eigenvalue weighted by atomic mass is 10.0. The van der Waals surface area contributed by atoms with Crippen LogP contribution in [0.3, 0.4) is 0 Å². The number of ether oxygens (including phenoxy) is 1. The first-order valence-electron chi connectivity index (χ1n) is 13.2. The fraction of sp³-hybridized carbons (Fsp3) is 0.188. The third-order valence-electron chi connectivity index (χ3n) is 6.73. The van der Waals surface area contributed by atoms with Crippen molar-refractivity contribution >= 4 is 39.1 Å². The largest absolute Gasteiger partial charge is 0.497 e. The van der Waals surface area contributed by atoms with Gasteiger partial charge in [-0.1, -0.05) is 72.3 Å². The summed E-state index contributed by atoms with van der Waals surface area (Å²) in [6.45, 7) is -0.508. The van der Waals surface area contributed by atoms with Crippen molar-refractivity contribution in [2.45, 2.75) is 23.9 Å². The van der Waals surface area contributed by atoms with Crippen molar-refractivity contribution in [2.24, 2.45) is 0 Å². The van der Waals surface area contributed by atoms with Gasteiger partial charge in [-0.3, -0.25) is 13.9 Å². The second kappa shape index (κ2) is 14.0. The number of benzene rings is 4. The van der Waals surface area contributed by atoms with Crippen molar-refractivity contribution in [3.8, 4) is 5.75 Å². The van der Waals surface area contributed by atoms with E-state index in [9.17, 15) is 18.0 Å². The molecule has 4 aromatic rings. The highest BCUT2D eigenvalue weighted by Crippen LogP contribution is 2.26. The molecule has 0 aliphatic carbocycles. The number of sulfonamides is 1. The first-order chi connectivity index (χ1) is 20.2. The molecule has 0 heterocycles.